The van der Waals surface area contributed by atoms with Crippen molar-refractivity contribution in [3.8, 4) is 0 Å². The van der Waals surface area contributed by atoms with E-state index in [9.17, 15) is 14.0 Å². The Morgan fingerprint density at radius 2 is 2.03 bits per heavy atom. The fourth-order valence-electron chi connectivity index (χ4n) is 4.68. The zero-order chi connectivity index (χ0) is 22.0. The number of nitrogens with zero attached hydrogens (tertiary/aromatic N) is 4. The number of anilines is 1. The van der Waals surface area contributed by atoms with Crippen LogP contribution in [0.2, 0.25) is 0 Å². The average Bonchev–Trinajstić information content (AvgIpc) is 3.29. The Balaban J connectivity index is 1.35. The predicted octanol–water partition coefficient (Wildman–Crippen LogP) is 1.68. The van der Waals surface area contributed by atoms with Gasteiger partial charge in [-0.2, -0.15) is 4.39 Å². The van der Waals surface area contributed by atoms with E-state index in [4.69, 9.17) is 0 Å². The molecule has 2 atom stereocenters. The van der Waals surface area contributed by atoms with Crippen LogP contribution in [-0.4, -0.2) is 65.0 Å². The summed E-state index contributed by atoms with van der Waals surface area (Å²) >= 11 is 0. The SMILES string of the molecule is CCc1cnc(C2CCC(N3CCN(c4ccc(C(=O)NC)nc4F)CC3)C2)[nH]c1=O. The molecule has 0 aromatic carbocycles. The van der Waals surface area contributed by atoms with Crippen molar-refractivity contribution in [2.75, 3.05) is 38.1 Å². The summed E-state index contributed by atoms with van der Waals surface area (Å²) < 4.78 is 14.5. The van der Waals surface area contributed by atoms with Gasteiger partial charge >= 0.3 is 0 Å². The number of rotatable bonds is 5. The highest BCUT2D eigenvalue weighted by atomic mass is 19.1. The van der Waals surface area contributed by atoms with Crippen molar-refractivity contribution in [2.45, 2.75) is 44.6 Å². The number of amides is 1. The predicted molar refractivity (Wildman–Crippen MR) is 116 cm³/mol. The summed E-state index contributed by atoms with van der Waals surface area (Å²) in [5.74, 6) is 0.0699. The molecule has 8 nitrogen and oxygen atoms in total. The van der Waals surface area contributed by atoms with Gasteiger partial charge < -0.3 is 15.2 Å². The zero-order valence-corrected chi connectivity index (χ0v) is 18.0. The number of piperazine rings is 1. The second kappa shape index (κ2) is 9.13. The van der Waals surface area contributed by atoms with Crippen molar-refractivity contribution in [1.29, 1.82) is 0 Å². The highest BCUT2D eigenvalue weighted by molar-refractivity contribution is 5.92. The molecule has 1 aliphatic heterocycles. The summed E-state index contributed by atoms with van der Waals surface area (Å²) in [6.45, 7) is 5.05. The van der Waals surface area contributed by atoms with Crippen LogP contribution in [0.5, 0.6) is 0 Å². The Bertz CT molecular complexity index is 1000. The van der Waals surface area contributed by atoms with E-state index in [1.165, 1.54) is 7.05 Å². The molecule has 0 bridgehead atoms. The van der Waals surface area contributed by atoms with Crippen LogP contribution in [0.3, 0.4) is 0 Å². The van der Waals surface area contributed by atoms with Crippen molar-refractivity contribution < 1.29 is 9.18 Å². The first-order chi connectivity index (χ1) is 15.0. The monoisotopic (exact) mass is 428 g/mol. The van der Waals surface area contributed by atoms with Crippen molar-refractivity contribution in [3.63, 3.8) is 0 Å². The van der Waals surface area contributed by atoms with Gasteiger partial charge in [0.25, 0.3) is 11.5 Å². The van der Waals surface area contributed by atoms with Gasteiger partial charge in [-0.05, 0) is 37.8 Å². The molecule has 2 unspecified atom stereocenters. The van der Waals surface area contributed by atoms with Gasteiger partial charge in [-0.1, -0.05) is 6.92 Å². The molecular weight excluding hydrogens is 399 g/mol. The van der Waals surface area contributed by atoms with Crippen LogP contribution in [0.25, 0.3) is 0 Å². The smallest absolute Gasteiger partial charge is 0.269 e. The zero-order valence-electron chi connectivity index (χ0n) is 18.0. The lowest BCUT2D eigenvalue weighted by atomic mass is 10.1. The number of halogens is 1. The molecule has 1 saturated heterocycles. The fraction of sp³-hybridized carbons (Fsp3) is 0.545. The first kappa shape index (κ1) is 21.4. The number of carbonyl (C=O) groups is 1. The van der Waals surface area contributed by atoms with E-state index in [0.717, 1.165) is 43.7 Å². The van der Waals surface area contributed by atoms with Crippen molar-refractivity contribution >= 4 is 11.6 Å². The normalized spacial score (nSPS) is 22.0. The summed E-state index contributed by atoms with van der Waals surface area (Å²) in [6.07, 6.45) is 5.45. The molecular formula is C22H29FN6O2. The number of aryl methyl sites for hydroxylation is 1. The molecule has 166 valence electrons. The molecule has 2 aromatic rings. The molecule has 0 radical (unpaired) electrons. The maximum atomic E-state index is 14.5. The van der Waals surface area contributed by atoms with Gasteiger partial charge in [0.1, 0.15) is 11.5 Å². The van der Waals surface area contributed by atoms with Gasteiger partial charge in [-0.25, -0.2) is 9.97 Å². The van der Waals surface area contributed by atoms with Gasteiger partial charge in [0.2, 0.25) is 5.95 Å². The maximum absolute atomic E-state index is 14.5. The van der Waals surface area contributed by atoms with Crippen molar-refractivity contribution in [1.82, 2.24) is 25.2 Å². The number of carbonyl (C=O) groups excluding carboxylic acids is 1. The van der Waals surface area contributed by atoms with E-state index in [1.54, 1.807) is 18.3 Å². The molecule has 31 heavy (non-hydrogen) atoms. The van der Waals surface area contributed by atoms with Gasteiger partial charge in [0.05, 0.1) is 5.69 Å². The van der Waals surface area contributed by atoms with Crippen molar-refractivity contribution in [2.24, 2.45) is 0 Å². The Hall–Kier alpha value is -2.81. The molecule has 1 amide bonds. The summed E-state index contributed by atoms with van der Waals surface area (Å²) in [4.78, 5) is 39.5. The number of aromatic amines is 1. The van der Waals surface area contributed by atoms with Crippen LogP contribution < -0.4 is 15.8 Å². The van der Waals surface area contributed by atoms with E-state index >= 15 is 0 Å². The Morgan fingerprint density at radius 1 is 1.26 bits per heavy atom. The standard InChI is InChI=1S/C22H29FN6O2/c1-3-14-13-25-20(27-21(14)30)15-4-5-16(12-15)28-8-10-29(11-9-28)18-7-6-17(22(31)24-2)26-19(18)23/h6-7,13,15-16H,3-5,8-12H2,1-2H3,(H,24,31)(H,25,27,30). The molecule has 2 aromatic heterocycles. The summed E-state index contributed by atoms with van der Waals surface area (Å²) in [5.41, 5.74) is 1.22. The van der Waals surface area contributed by atoms with E-state index in [2.05, 4.69) is 25.2 Å². The van der Waals surface area contributed by atoms with Crippen LogP contribution in [0.4, 0.5) is 10.1 Å². The lowest BCUT2D eigenvalue weighted by Crippen LogP contribution is -2.50. The van der Waals surface area contributed by atoms with E-state index < -0.39 is 11.9 Å². The van der Waals surface area contributed by atoms with E-state index in [1.807, 2.05) is 11.8 Å². The first-order valence-corrected chi connectivity index (χ1v) is 11.0. The Labute approximate surface area is 180 Å². The second-order valence-corrected chi connectivity index (χ2v) is 8.25. The minimum Gasteiger partial charge on any atom is -0.365 e. The van der Waals surface area contributed by atoms with E-state index in [0.29, 0.717) is 31.2 Å². The maximum Gasteiger partial charge on any atom is 0.269 e. The summed E-state index contributed by atoms with van der Waals surface area (Å²) in [7, 11) is 1.50. The number of hydrogen-bond donors (Lipinski definition) is 2. The molecule has 3 heterocycles. The van der Waals surface area contributed by atoms with Gasteiger partial charge in [0, 0.05) is 56.9 Å². The quantitative estimate of drug-likeness (QED) is 0.704. The molecule has 9 heteroatoms. The number of hydrogen-bond acceptors (Lipinski definition) is 6. The number of nitrogens with one attached hydrogen (secondary N) is 2. The molecule has 4 rings (SSSR count). The van der Waals surface area contributed by atoms with Crippen LogP contribution in [0, 0.1) is 5.95 Å². The Kier molecular flexibility index (Phi) is 6.31. The highest BCUT2D eigenvalue weighted by Crippen LogP contribution is 2.35. The molecule has 1 aliphatic carbocycles. The van der Waals surface area contributed by atoms with Gasteiger partial charge in [-0.15, -0.1) is 0 Å². The highest BCUT2D eigenvalue weighted by Gasteiger charge is 2.33. The van der Waals surface area contributed by atoms with Crippen LogP contribution in [0.1, 0.15) is 54.0 Å². The topological polar surface area (TPSA) is 94.2 Å². The molecule has 2 fully saturated rings. The minimum absolute atomic E-state index is 0.0253. The van der Waals surface area contributed by atoms with E-state index in [-0.39, 0.29) is 17.2 Å². The lowest BCUT2D eigenvalue weighted by Gasteiger charge is -2.39. The molecule has 2 aliphatic rings. The largest absolute Gasteiger partial charge is 0.365 e. The van der Waals surface area contributed by atoms with Gasteiger partial charge in [0.15, 0.2) is 0 Å². The minimum atomic E-state index is -0.610. The molecule has 2 N–H and O–H groups in total. The summed E-state index contributed by atoms with van der Waals surface area (Å²) in [5, 5.41) is 2.46. The number of pyridine rings is 1. The lowest BCUT2D eigenvalue weighted by molar-refractivity contribution is 0.0957. The van der Waals surface area contributed by atoms with Crippen LogP contribution >= 0.6 is 0 Å². The molecule has 1 saturated carbocycles. The third kappa shape index (κ3) is 4.46. The third-order valence-electron chi connectivity index (χ3n) is 6.53. The van der Waals surface area contributed by atoms with Crippen molar-refractivity contribution in [3.05, 3.63) is 51.7 Å². The fourth-order valence-corrected chi connectivity index (χ4v) is 4.68. The van der Waals surface area contributed by atoms with Gasteiger partial charge in [-0.3, -0.25) is 14.5 Å². The first-order valence-electron chi connectivity index (χ1n) is 11.0. The number of aromatic nitrogens is 3. The molecule has 0 spiro atoms. The second-order valence-electron chi connectivity index (χ2n) is 8.25. The summed E-state index contributed by atoms with van der Waals surface area (Å²) in [6, 6.07) is 3.64. The number of H-pyrrole nitrogens is 1. The van der Waals surface area contributed by atoms with Crippen LogP contribution in [0.15, 0.2) is 23.1 Å². The Morgan fingerprint density at radius 3 is 2.68 bits per heavy atom. The van der Waals surface area contributed by atoms with Crippen LogP contribution in [-0.2, 0) is 6.42 Å². The average molecular weight is 429 g/mol. The third-order valence-corrected chi connectivity index (χ3v) is 6.53.